The Balaban J connectivity index is 0.00000300. The first-order chi connectivity index (χ1) is 13.1. The molecule has 0 aliphatic rings. The van der Waals surface area contributed by atoms with Crippen molar-refractivity contribution in [3.63, 3.8) is 0 Å². The second-order valence-corrected chi connectivity index (χ2v) is 6.42. The topological polar surface area (TPSA) is 169 Å². The summed E-state index contributed by atoms with van der Waals surface area (Å²) in [4.78, 5) is 23.5. The molecule has 1 aromatic heterocycles. The van der Waals surface area contributed by atoms with Gasteiger partial charge >= 0.3 is 45.9 Å². The van der Waals surface area contributed by atoms with E-state index in [-0.39, 0.29) is 51.8 Å². The molecule has 3 aromatic rings. The molecule has 0 atom stereocenters. The van der Waals surface area contributed by atoms with Gasteiger partial charge in [0.05, 0.1) is 29.0 Å². The minimum absolute atomic E-state index is 0. The minimum Gasteiger partial charge on any atom is -0.872 e. The molecule has 29 heavy (non-hydrogen) atoms. The minimum atomic E-state index is -5.15. The number of nitro benzene ring substituents is 1. The van der Waals surface area contributed by atoms with Gasteiger partial charge in [-0.3, -0.25) is 19.5 Å². The van der Waals surface area contributed by atoms with Crippen molar-refractivity contribution in [3.05, 3.63) is 56.7 Å². The molecule has 1 N–H and O–H groups in total. The normalized spacial score (nSPS) is 11.0. The van der Waals surface area contributed by atoms with Crippen LogP contribution < -0.4 is 49.0 Å². The van der Waals surface area contributed by atoms with Gasteiger partial charge < -0.3 is 18.4 Å². The molecule has 0 saturated carbocycles. The van der Waals surface area contributed by atoms with Crippen LogP contribution in [0.4, 0.5) is 5.69 Å². The summed E-state index contributed by atoms with van der Waals surface area (Å²) >= 11 is 0. The third-order valence-corrected chi connectivity index (χ3v) is 4.05. The number of fused-ring (bicyclic) bond motifs is 1. The van der Waals surface area contributed by atoms with Crippen LogP contribution in [0.3, 0.4) is 0 Å². The van der Waals surface area contributed by atoms with E-state index in [9.17, 15) is 28.4 Å². The zero-order valence-electron chi connectivity index (χ0n) is 14.9. The summed E-state index contributed by atoms with van der Waals surface area (Å²) in [6.45, 7) is 0. The monoisotopic (exact) mass is 431 g/mol. The van der Waals surface area contributed by atoms with Gasteiger partial charge in [0.25, 0.3) is 5.69 Å². The van der Waals surface area contributed by atoms with Crippen LogP contribution in [0.1, 0.15) is 0 Å². The summed E-state index contributed by atoms with van der Waals surface area (Å²) in [5.74, 6) is -1.47. The van der Waals surface area contributed by atoms with Crippen molar-refractivity contribution < 1.29 is 65.9 Å². The van der Waals surface area contributed by atoms with Gasteiger partial charge in [0.15, 0.2) is 0 Å². The van der Waals surface area contributed by atoms with Crippen LogP contribution in [0.25, 0.3) is 22.1 Å². The fourth-order valence-corrected chi connectivity index (χ4v) is 2.85. The number of hydrogen-bond donors (Lipinski definition) is 1. The first-order valence-corrected chi connectivity index (χ1v) is 8.75. The molecule has 0 bridgehead atoms. The van der Waals surface area contributed by atoms with Crippen LogP contribution in [0.15, 0.2) is 45.6 Å². The molecular weight excluding hydrogens is 421 g/mol. The average Bonchev–Trinajstić information content (AvgIpc) is 2.60. The van der Waals surface area contributed by atoms with Crippen molar-refractivity contribution in [2.45, 2.75) is 0 Å². The van der Waals surface area contributed by atoms with Crippen LogP contribution in [0, 0.1) is 10.1 Å². The van der Waals surface area contributed by atoms with Crippen LogP contribution in [-0.4, -0.2) is 25.0 Å². The van der Waals surface area contributed by atoms with Gasteiger partial charge in [0, 0.05) is 0 Å². The van der Waals surface area contributed by atoms with Crippen molar-refractivity contribution in [2.75, 3.05) is 7.11 Å². The van der Waals surface area contributed by atoms with Crippen molar-refractivity contribution in [1.82, 2.24) is 0 Å². The van der Waals surface area contributed by atoms with Crippen molar-refractivity contribution in [2.24, 2.45) is 0 Å². The van der Waals surface area contributed by atoms with E-state index in [0.717, 1.165) is 30.3 Å². The zero-order valence-corrected chi connectivity index (χ0v) is 17.8. The van der Waals surface area contributed by atoms with Gasteiger partial charge in [-0.05, 0) is 24.3 Å². The maximum Gasteiger partial charge on any atom is 1.00 e. The number of methoxy groups -OCH3 is 1. The average molecular weight is 431 g/mol. The Labute approximate surface area is 184 Å². The molecule has 0 unspecified atom stereocenters. The third-order valence-electron chi connectivity index (χ3n) is 3.68. The van der Waals surface area contributed by atoms with Gasteiger partial charge in [-0.1, -0.05) is 6.07 Å². The van der Waals surface area contributed by atoms with Crippen LogP contribution in [0.2, 0.25) is 0 Å². The van der Waals surface area contributed by atoms with Gasteiger partial charge in [-0.2, -0.15) is 8.42 Å². The molecule has 0 aliphatic heterocycles. The fraction of sp³-hybridized carbons (Fsp3) is 0.0625. The maximum absolute atomic E-state index is 12.9. The van der Waals surface area contributed by atoms with Crippen molar-refractivity contribution in [3.8, 4) is 28.6 Å². The summed E-state index contributed by atoms with van der Waals surface area (Å²) in [7, 11) is -3.88. The quantitative estimate of drug-likeness (QED) is 0.220. The third kappa shape index (κ3) is 4.68. The number of nitro groups is 1. The van der Waals surface area contributed by atoms with E-state index in [2.05, 4.69) is 4.18 Å². The Bertz CT molecular complexity index is 1270. The number of rotatable bonds is 5. The fourth-order valence-electron chi connectivity index (χ4n) is 2.54. The zero-order chi connectivity index (χ0) is 20.6. The molecule has 0 amide bonds. The molecule has 146 valence electrons. The summed E-state index contributed by atoms with van der Waals surface area (Å²) in [5, 5.41) is 22.8. The van der Waals surface area contributed by atoms with Crippen molar-refractivity contribution in [1.29, 1.82) is 0 Å². The molecule has 1 heterocycles. The van der Waals surface area contributed by atoms with E-state index >= 15 is 0 Å². The summed E-state index contributed by atoms with van der Waals surface area (Å²) in [6, 6.07) is 6.53. The molecule has 0 fully saturated rings. The Hall–Kier alpha value is -2.64. The largest absolute Gasteiger partial charge is 1.00 e. The van der Waals surface area contributed by atoms with Crippen LogP contribution in [0.5, 0.6) is 17.4 Å². The smallest absolute Gasteiger partial charge is 0.872 e. The van der Waals surface area contributed by atoms with Gasteiger partial charge in [0.2, 0.25) is 5.43 Å². The van der Waals surface area contributed by atoms with E-state index in [1.54, 1.807) is 0 Å². The molecule has 0 saturated heterocycles. The molecule has 11 nitrogen and oxygen atoms in total. The summed E-state index contributed by atoms with van der Waals surface area (Å²) < 4.78 is 45.7. The van der Waals surface area contributed by atoms with Gasteiger partial charge in [-0.15, -0.1) is 5.75 Å². The second kappa shape index (κ2) is 8.39. The van der Waals surface area contributed by atoms with Gasteiger partial charge in [0.1, 0.15) is 16.9 Å². The van der Waals surface area contributed by atoms with Crippen LogP contribution in [-0.2, 0) is 10.4 Å². The predicted octanol–water partition coefficient (Wildman–Crippen LogP) is -1.36. The van der Waals surface area contributed by atoms with Crippen LogP contribution >= 0.6 is 0 Å². The van der Waals surface area contributed by atoms with Gasteiger partial charge in [-0.25, -0.2) is 0 Å². The maximum atomic E-state index is 12.9. The number of hydrogen-bond acceptors (Lipinski definition) is 9. The van der Waals surface area contributed by atoms with E-state index in [0.29, 0.717) is 0 Å². The first-order valence-electron chi connectivity index (χ1n) is 7.38. The summed E-state index contributed by atoms with van der Waals surface area (Å²) in [5.41, 5.74) is -2.81. The molecule has 0 spiro atoms. The first kappa shape index (κ1) is 22.6. The molecular formula is C16H10NNaO10S. The number of benzene rings is 2. The second-order valence-electron chi connectivity index (χ2n) is 5.40. The molecule has 3 rings (SSSR count). The Morgan fingerprint density at radius 3 is 2.45 bits per heavy atom. The van der Waals surface area contributed by atoms with E-state index in [1.807, 2.05) is 0 Å². The molecule has 2 aromatic carbocycles. The van der Waals surface area contributed by atoms with Crippen molar-refractivity contribution >= 4 is 27.1 Å². The SMILES string of the molecule is COc1ccc(-c2c(OS(=O)(=O)O)oc3cc([O-])ccc3c2=O)c([N+](=O)[O-])c1.[Na+]. The molecule has 13 heteroatoms. The van der Waals surface area contributed by atoms with E-state index in [1.165, 1.54) is 13.2 Å². The number of ether oxygens (including phenoxy) is 1. The number of nitrogens with zero attached hydrogens (tertiary/aromatic N) is 1. The Morgan fingerprint density at radius 1 is 1.17 bits per heavy atom. The van der Waals surface area contributed by atoms with E-state index in [4.69, 9.17) is 13.7 Å². The predicted molar refractivity (Wildman–Crippen MR) is 92.7 cm³/mol. The van der Waals surface area contributed by atoms with E-state index < -0.39 is 43.7 Å². The summed E-state index contributed by atoms with van der Waals surface area (Å²) in [6.07, 6.45) is 0. The Morgan fingerprint density at radius 2 is 1.86 bits per heavy atom. The molecule has 0 radical (unpaired) electrons. The standard InChI is InChI=1S/C16H11NO10S.Na/c1-25-9-3-5-10(12(7-9)17(20)21)14-15(19)11-4-2-8(18)6-13(11)26-16(14)27-28(22,23)24;/h2-7,18H,1H3,(H,22,23,24);/q;+1/p-1. The molecule has 0 aliphatic carbocycles. The Kier molecular flexibility index (Phi) is 6.55.